The lowest BCUT2D eigenvalue weighted by atomic mass is 10.1. The highest BCUT2D eigenvalue weighted by Gasteiger charge is 2.17. The first-order chi connectivity index (χ1) is 8.11. The second-order valence-electron chi connectivity index (χ2n) is 3.41. The smallest absolute Gasteiger partial charge is 0.0931 e. The Morgan fingerprint density at radius 1 is 1.24 bits per heavy atom. The van der Waals surface area contributed by atoms with Gasteiger partial charge in [-0.1, -0.05) is 49.5 Å². The summed E-state index contributed by atoms with van der Waals surface area (Å²) in [6.45, 7) is 0. The molecule has 1 aromatic heterocycles. The SMILES string of the molecule is NNC(c1ccc(Cl)s1)c1ccc(Br)cc1Br. The maximum absolute atomic E-state index is 5.94. The van der Waals surface area contributed by atoms with Gasteiger partial charge in [-0.05, 0) is 29.8 Å². The number of benzene rings is 1. The molecule has 1 atom stereocenters. The van der Waals surface area contributed by atoms with E-state index in [1.54, 1.807) is 0 Å². The van der Waals surface area contributed by atoms with Crippen LogP contribution in [0.5, 0.6) is 0 Å². The summed E-state index contributed by atoms with van der Waals surface area (Å²) in [5, 5.41) is 0. The molecule has 6 heteroatoms. The van der Waals surface area contributed by atoms with Gasteiger partial charge in [0.2, 0.25) is 0 Å². The molecule has 0 spiro atoms. The van der Waals surface area contributed by atoms with Crippen molar-refractivity contribution in [3.63, 3.8) is 0 Å². The topological polar surface area (TPSA) is 38.0 Å². The van der Waals surface area contributed by atoms with E-state index in [9.17, 15) is 0 Å². The third-order valence-electron chi connectivity index (χ3n) is 2.32. The Hall–Kier alpha value is 0.0900. The molecule has 0 radical (unpaired) electrons. The number of rotatable bonds is 3. The van der Waals surface area contributed by atoms with E-state index in [2.05, 4.69) is 37.3 Å². The molecular formula is C11H9Br2ClN2S. The van der Waals surface area contributed by atoms with E-state index in [1.807, 2.05) is 30.3 Å². The van der Waals surface area contributed by atoms with Gasteiger partial charge in [0.25, 0.3) is 0 Å². The molecule has 1 unspecified atom stereocenters. The average molecular weight is 397 g/mol. The predicted molar refractivity (Wildman–Crippen MR) is 80.3 cm³/mol. The van der Waals surface area contributed by atoms with E-state index in [1.165, 1.54) is 11.3 Å². The molecule has 1 aromatic carbocycles. The first kappa shape index (κ1) is 13.5. The van der Waals surface area contributed by atoms with Crippen molar-refractivity contribution in [2.24, 2.45) is 5.84 Å². The van der Waals surface area contributed by atoms with Gasteiger partial charge in [0.15, 0.2) is 0 Å². The van der Waals surface area contributed by atoms with Crippen LogP contribution in [0.2, 0.25) is 4.34 Å². The average Bonchev–Trinajstić information content (AvgIpc) is 2.69. The molecule has 17 heavy (non-hydrogen) atoms. The van der Waals surface area contributed by atoms with Gasteiger partial charge >= 0.3 is 0 Å². The van der Waals surface area contributed by atoms with Gasteiger partial charge in [-0.2, -0.15) is 0 Å². The minimum Gasteiger partial charge on any atom is -0.271 e. The van der Waals surface area contributed by atoms with E-state index in [0.29, 0.717) is 0 Å². The summed E-state index contributed by atoms with van der Waals surface area (Å²) in [5.41, 5.74) is 3.89. The van der Waals surface area contributed by atoms with E-state index in [4.69, 9.17) is 17.4 Å². The largest absolute Gasteiger partial charge is 0.271 e. The van der Waals surface area contributed by atoms with Gasteiger partial charge < -0.3 is 0 Å². The first-order valence-electron chi connectivity index (χ1n) is 4.78. The van der Waals surface area contributed by atoms with E-state index in [0.717, 1.165) is 23.7 Å². The van der Waals surface area contributed by atoms with Gasteiger partial charge in [0, 0.05) is 13.8 Å². The van der Waals surface area contributed by atoms with Crippen LogP contribution < -0.4 is 11.3 Å². The van der Waals surface area contributed by atoms with Gasteiger partial charge in [-0.3, -0.25) is 5.84 Å². The maximum Gasteiger partial charge on any atom is 0.0931 e. The Labute approximate surface area is 125 Å². The van der Waals surface area contributed by atoms with Crippen molar-refractivity contribution in [1.82, 2.24) is 5.43 Å². The number of hydrazine groups is 1. The Kier molecular flexibility index (Phi) is 4.63. The van der Waals surface area contributed by atoms with Crippen LogP contribution in [0, 0.1) is 0 Å². The Morgan fingerprint density at radius 2 is 2.00 bits per heavy atom. The van der Waals surface area contributed by atoms with Gasteiger partial charge in [0.05, 0.1) is 10.4 Å². The summed E-state index contributed by atoms with van der Waals surface area (Å²) in [7, 11) is 0. The number of hydrogen-bond donors (Lipinski definition) is 2. The summed E-state index contributed by atoms with van der Waals surface area (Å²) < 4.78 is 2.78. The van der Waals surface area contributed by atoms with E-state index in [-0.39, 0.29) is 6.04 Å². The summed E-state index contributed by atoms with van der Waals surface area (Å²) in [4.78, 5) is 1.08. The fraction of sp³-hybridized carbons (Fsp3) is 0.0909. The Balaban J connectivity index is 2.42. The molecule has 0 fully saturated rings. The van der Waals surface area contributed by atoms with Crippen molar-refractivity contribution in [1.29, 1.82) is 0 Å². The highest BCUT2D eigenvalue weighted by Crippen LogP contribution is 2.34. The molecule has 1 heterocycles. The normalized spacial score (nSPS) is 12.7. The highest BCUT2D eigenvalue weighted by atomic mass is 79.9. The van der Waals surface area contributed by atoms with E-state index < -0.39 is 0 Å². The summed E-state index contributed by atoms with van der Waals surface area (Å²) >= 11 is 14.4. The van der Waals surface area contributed by atoms with Crippen LogP contribution in [0.15, 0.2) is 39.3 Å². The molecule has 0 saturated heterocycles. The third-order valence-corrected chi connectivity index (χ3v) is 4.79. The monoisotopic (exact) mass is 394 g/mol. The summed E-state index contributed by atoms with van der Waals surface area (Å²) in [5.74, 6) is 5.63. The van der Waals surface area contributed by atoms with Gasteiger partial charge in [0.1, 0.15) is 0 Å². The fourth-order valence-electron chi connectivity index (χ4n) is 1.54. The van der Waals surface area contributed by atoms with Crippen LogP contribution in [0.25, 0.3) is 0 Å². The number of hydrogen-bond acceptors (Lipinski definition) is 3. The molecule has 2 aromatic rings. The zero-order valence-electron chi connectivity index (χ0n) is 8.58. The second-order valence-corrected chi connectivity index (χ2v) is 6.92. The molecule has 2 nitrogen and oxygen atoms in total. The number of thiophene rings is 1. The Morgan fingerprint density at radius 3 is 2.53 bits per heavy atom. The van der Waals surface area contributed by atoms with Crippen LogP contribution >= 0.6 is 54.8 Å². The van der Waals surface area contributed by atoms with Crippen molar-refractivity contribution >= 4 is 54.8 Å². The molecule has 90 valence electrons. The zero-order chi connectivity index (χ0) is 12.4. The van der Waals surface area contributed by atoms with Crippen molar-refractivity contribution in [3.8, 4) is 0 Å². The Bertz CT molecular complexity index is 530. The molecule has 0 amide bonds. The van der Waals surface area contributed by atoms with Crippen molar-refractivity contribution in [2.75, 3.05) is 0 Å². The zero-order valence-corrected chi connectivity index (χ0v) is 13.3. The molecule has 0 aliphatic carbocycles. The quantitative estimate of drug-likeness (QED) is 0.593. The first-order valence-corrected chi connectivity index (χ1v) is 7.56. The minimum absolute atomic E-state index is 0.0602. The van der Waals surface area contributed by atoms with Crippen LogP contribution in [0.3, 0.4) is 0 Å². The lowest BCUT2D eigenvalue weighted by Crippen LogP contribution is -2.28. The minimum atomic E-state index is -0.0602. The van der Waals surface area contributed by atoms with Crippen LogP contribution in [0.4, 0.5) is 0 Å². The number of nitrogens with two attached hydrogens (primary N) is 1. The molecule has 0 aliphatic heterocycles. The summed E-state index contributed by atoms with van der Waals surface area (Å²) in [6.07, 6.45) is 0. The molecule has 2 rings (SSSR count). The maximum atomic E-state index is 5.94. The lowest BCUT2D eigenvalue weighted by molar-refractivity contribution is 0.644. The molecule has 3 N–H and O–H groups in total. The van der Waals surface area contributed by atoms with Gasteiger partial charge in [-0.15, -0.1) is 11.3 Å². The summed E-state index contributed by atoms with van der Waals surface area (Å²) in [6, 6.07) is 9.79. The molecule has 0 saturated carbocycles. The number of halogens is 3. The highest BCUT2D eigenvalue weighted by molar-refractivity contribution is 9.11. The van der Waals surface area contributed by atoms with E-state index >= 15 is 0 Å². The fourth-order valence-corrected chi connectivity index (χ4v) is 3.96. The molecular weight excluding hydrogens is 387 g/mol. The van der Waals surface area contributed by atoms with Crippen LogP contribution in [-0.2, 0) is 0 Å². The standard InChI is InChI=1S/C11H9Br2ClN2S/c12-6-1-2-7(8(13)5-6)11(16-15)9-3-4-10(14)17-9/h1-5,11,16H,15H2. The van der Waals surface area contributed by atoms with Crippen LogP contribution in [-0.4, -0.2) is 0 Å². The lowest BCUT2D eigenvalue weighted by Gasteiger charge is -2.16. The number of nitrogens with one attached hydrogen (secondary N) is 1. The van der Waals surface area contributed by atoms with Crippen LogP contribution in [0.1, 0.15) is 16.5 Å². The predicted octanol–water partition coefficient (Wildman–Crippen LogP) is 4.48. The van der Waals surface area contributed by atoms with Crippen molar-refractivity contribution in [2.45, 2.75) is 6.04 Å². The van der Waals surface area contributed by atoms with Crippen molar-refractivity contribution < 1.29 is 0 Å². The van der Waals surface area contributed by atoms with Gasteiger partial charge in [-0.25, -0.2) is 5.43 Å². The molecule has 0 bridgehead atoms. The second kappa shape index (κ2) is 5.82. The van der Waals surface area contributed by atoms with Crippen molar-refractivity contribution in [3.05, 3.63) is 54.1 Å². The molecule has 0 aliphatic rings. The third kappa shape index (κ3) is 3.10.